The number of carbonyl (C=O) groups excluding carboxylic acids is 2. The fraction of sp³-hybridized carbons (Fsp3) is 0.300. The number of rotatable bonds is 9. The highest BCUT2D eigenvalue weighted by Crippen LogP contribution is 2.30. The van der Waals surface area contributed by atoms with Crippen LogP contribution in [-0.2, 0) is 27.2 Å². The van der Waals surface area contributed by atoms with E-state index < -0.39 is 23.3 Å². The fourth-order valence-electron chi connectivity index (χ4n) is 4.93. The van der Waals surface area contributed by atoms with Crippen LogP contribution in [0.3, 0.4) is 0 Å². The first-order valence-corrected chi connectivity index (χ1v) is 13.1. The second-order valence-corrected chi connectivity index (χ2v) is 10.1. The summed E-state index contributed by atoms with van der Waals surface area (Å²) < 4.78 is 0. The summed E-state index contributed by atoms with van der Waals surface area (Å²) >= 11 is 4.52. The average Bonchev–Trinajstić information content (AvgIpc) is 3.07. The molecule has 37 heavy (non-hydrogen) atoms. The maximum absolute atomic E-state index is 13.8. The summed E-state index contributed by atoms with van der Waals surface area (Å²) in [5.74, 6) is -1.76. The first kappa shape index (κ1) is 26.5. The van der Waals surface area contributed by atoms with Gasteiger partial charge in [-0.25, -0.2) is 4.79 Å². The van der Waals surface area contributed by atoms with Crippen molar-refractivity contribution in [3.8, 4) is 0 Å². The molecular formula is C30H32N2O4S. The van der Waals surface area contributed by atoms with Gasteiger partial charge < -0.3 is 15.3 Å². The highest BCUT2D eigenvalue weighted by molar-refractivity contribution is 7.81. The van der Waals surface area contributed by atoms with Crippen molar-refractivity contribution in [2.75, 3.05) is 6.54 Å². The zero-order chi connectivity index (χ0) is 26.2. The molecule has 2 unspecified atom stereocenters. The highest BCUT2D eigenvalue weighted by Gasteiger charge is 2.39. The Labute approximate surface area is 223 Å². The third-order valence-electron chi connectivity index (χ3n) is 6.92. The van der Waals surface area contributed by atoms with Crippen LogP contribution < -0.4 is 5.32 Å². The van der Waals surface area contributed by atoms with Gasteiger partial charge in [-0.1, -0.05) is 91.0 Å². The SMILES string of the molecule is O=C(N[C@H]1CC(c2ccccc2)CCN([C@@H](Cc2ccccc2)C(=O)O)C1=O)C(S)Cc1ccccc1. The molecule has 1 heterocycles. The molecule has 2 amide bonds. The lowest BCUT2D eigenvalue weighted by molar-refractivity contribution is -0.151. The molecule has 1 fully saturated rings. The molecule has 2 N–H and O–H groups in total. The van der Waals surface area contributed by atoms with Crippen molar-refractivity contribution in [1.29, 1.82) is 0 Å². The molecular weight excluding hydrogens is 484 g/mol. The van der Waals surface area contributed by atoms with Crippen LogP contribution in [0, 0.1) is 0 Å². The number of carboxylic acid groups (broad SMARTS) is 1. The van der Waals surface area contributed by atoms with Gasteiger partial charge in [-0.05, 0) is 41.9 Å². The Morgan fingerprint density at radius 2 is 1.43 bits per heavy atom. The summed E-state index contributed by atoms with van der Waals surface area (Å²) in [6.07, 6.45) is 1.62. The van der Waals surface area contributed by atoms with Crippen molar-refractivity contribution < 1.29 is 19.5 Å². The topological polar surface area (TPSA) is 86.7 Å². The van der Waals surface area contributed by atoms with Crippen molar-refractivity contribution in [2.24, 2.45) is 0 Å². The lowest BCUT2D eigenvalue weighted by atomic mass is 9.90. The molecule has 1 aliphatic heterocycles. The third-order valence-corrected chi connectivity index (χ3v) is 7.33. The molecule has 4 rings (SSSR count). The van der Waals surface area contributed by atoms with Crippen LogP contribution in [-0.4, -0.2) is 51.7 Å². The second-order valence-electron chi connectivity index (χ2n) is 9.47. The molecule has 6 nitrogen and oxygen atoms in total. The molecule has 4 atom stereocenters. The monoisotopic (exact) mass is 516 g/mol. The van der Waals surface area contributed by atoms with Crippen LogP contribution in [0.4, 0.5) is 0 Å². The second kappa shape index (κ2) is 12.6. The minimum atomic E-state index is -1.06. The number of carboxylic acids is 1. The number of amides is 2. The Morgan fingerprint density at radius 1 is 0.892 bits per heavy atom. The Morgan fingerprint density at radius 3 is 2.00 bits per heavy atom. The summed E-state index contributed by atoms with van der Waals surface area (Å²) in [6.45, 7) is 0.295. The number of hydrogen-bond donors (Lipinski definition) is 3. The Bertz CT molecular complexity index is 1190. The Hall–Kier alpha value is -3.58. The van der Waals surface area contributed by atoms with E-state index in [1.165, 1.54) is 4.90 Å². The molecule has 0 radical (unpaired) electrons. The van der Waals surface area contributed by atoms with Crippen LogP contribution in [0.1, 0.15) is 35.4 Å². The van der Waals surface area contributed by atoms with Crippen molar-refractivity contribution in [2.45, 2.75) is 48.9 Å². The van der Waals surface area contributed by atoms with E-state index in [2.05, 4.69) is 17.9 Å². The van der Waals surface area contributed by atoms with Gasteiger partial charge in [-0.3, -0.25) is 9.59 Å². The van der Waals surface area contributed by atoms with Crippen molar-refractivity contribution in [3.05, 3.63) is 108 Å². The van der Waals surface area contributed by atoms with Crippen LogP contribution >= 0.6 is 12.6 Å². The van der Waals surface area contributed by atoms with Gasteiger partial charge in [0, 0.05) is 13.0 Å². The maximum atomic E-state index is 13.8. The lowest BCUT2D eigenvalue weighted by Crippen LogP contribution is -2.54. The molecule has 0 bridgehead atoms. The van der Waals surface area contributed by atoms with Gasteiger partial charge in [-0.2, -0.15) is 12.6 Å². The van der Waals surface area contributed by atoms with E-state index in [0.717, 1.165) is 16.7 Å². The van der Waals surface area contributed by atoms with E-state index in [1.807, 2.05) is 91.0 Å². The smallest absolute Gasteiger partial charge is 0.326 e. The van der Waals surface area contributed by atoms with E-state index in [4.69, 9.17) is 0 Å². The maximum Gasteiger partial charge on any atom is 0.326 e. The minimum Gasteiger partial charge on any atom is -0.480 e. The van der Waals surface area contributed by atoms with Gasteiger partial charge in [0.15, 0.2) is 0 Å². The molecule has 0 spiro atoms. The lowest BCUT2D eigenvalue weighted by Gasteiger charge is -2.30. The number of carbonyl (C=O) groups is 3. The Balaban J connectivity index is 1.57. The normalized spacial score (nSPS) is 19.5. The molecule has 3 aromatic rings. The van der Waals surface area contributed by atoms with Crippen LogP contribution in [0.2, 0.25) is 0 Å². The van der Waals surface area contributed by atoms with E-state index in [0.29, 0.717) is 25.8 Å². The Kier molecular flexibility index (Phi) is 9.01. The van der Waals surface area contributed by atoms with E-state index in [9.17, 15) is 19.5 Å². The molecule has 7 heteroatoms. The van der Waals surface area contributed by atoms with Crippen LogP contribution in [0.5, 0.6) is 0 Å². The number of hydrogen-bond acceptors (Lipinski definition) is 4. The summed E-state index contributed by atoms with van der Waals surface area (Å²) in [6, 6.07) is 26.9. The van der Waals surface area contributed by atoms with Crippen molar-refractivity contribution in [3.63, 3.8) is 0 Å². The molecule has 0 aromatic heterocycles. The molecule has 0 aliphatic carbocycles. The molecule has 1 saturated heterocycles. The van der Waals surface area contributed by atoms with Gasteiger partial charge in [0.2, 0.25) is 11.8 Å². The standard InChI is InChI=1S/C30H32N2O4S/c33-28(27(37)19-22-12-6-2-7-13-22)31-25-20-24(23-14-8-3-9-15-23)16-17-32(29(25)34)26(30(35)36)18-21-10-4-1-5-11-21/h1-15,24-27,37H,16-20H2,(H,31,33)(H,35,36)/t24?,25-,26-,27?/m0/s1. The van der Waals surface area contributed by atoms with Crippen molar-refractivity contribution in [1.82, 2.24) is 10.2 Å². The number of nitrogens with one attached hydrogen (secondary N) is 1. The summed E-state index contributed by atoms with van der Waals surface area (Å²) in [7, 11) is 0. The molecule has 3 aromatic carbocycles. The van der Waals surface area contributed by atoms with E-state index in [1.54, 1.807) is 0 Å². The van der Waals surface area contributed by atoms with E-state index >= 15 is 0 Å². The minimum absolute atomic E-state index is 0.000823. The number of aliphatic carboxylic acids is 1. The fourth-order valence-corrected chi connectivity index (χ4v) is 5.22. The highest BCUT2D eigenvalue weighted by atomic mass is 32.1. The molecule has 192 valence electrons. The summed E-state index contributed by atoms with van der Waals surface area (Å²) in [5, 5.41) is 12.4. The van der Waals surface area contributed by atoms with Gasteiger partial charge in [0.05, 0.1) is 5.25 Å². The zero-order valence-corrected chi connectivity index (χ0v) is 21.5. The van der Waals surface area contributed by atoms with Gasteiger partial charge >= 0.3 is 5.97 Å². The average molecular weight is 517 g/mol. The largest absolute Gasteiger partial charge is 0.480 e. The molecule has 1 aliphatic rings. The number of thiol groups is 1. The predicted molar refractivity (Wildman–Crippen MR) is 147 cm³/mol. The van der Waals surface area contributed by atoms with Gasteiger partial charge in [-0.15, -0.1) is 0 Å². The van der Waals surface area contributed by atoms with Crippen LogP contribution in [0.15, 0.2) is 91.0 Å². The van der Waals surface area contributed by atoms with E-state index in [-0.39, 0.29) is 24.2 Å². The van der Waals surface area contributed by atoms with Gasteiger partial charge in [0.1, 0.15) is 12.1 Å². The number of likely N-dealkylation sites (tertiary alicyclic amines) is 1. The number of benzene rings is 3. The zero-order valence-electron chi connectivity index (χ0n) is 20.6. The number of nitrogens with zero attached hydrogens (tertiary/aromatic N) is 1. The predicted octanol–water partition coefficient (Wildman–Crippen LogP) is 4.11. The van der Waals surface area contributed by atoms with Gasteiger partial charge in [0.25, 0.3) is 0 Å². The first-order chi connectivity index (χ1) is 17.9. The quantitative estimate of drug-likeness (QED) is 0.374. The first-order valence-electron chi connectivity index (χ1n) is 12.6. The van der Waals surface area contributed by atoms with Crippen molar-refractivity contribution >= 4 is 30.4 Å². The summed E-state index contributed by atoms with van der Waals surface area (Å²) in [4.78, 5) is 40.7. The third kappa shape index (κ3) is 7.01. The summed E-state index contributed by atoms with van der Waals surface area (Å²) in [5.41, 5.74) is 2.88. The van der Waals surface area contributed by atoms with Crippen LogP contribution in [0.25, 0.3) is 0 Å². The molecule has 0 saturated carbocycles.